The third kappa shape index (κ3) is 4.76. The molecule has 3 nitrogen and oxygen atoms in total. The molecule has 0 bridgehead atoms. The first-order valence-electron chi connectivity index (χ1n) is 6.01. The minimum atomic E-state index is -1.07. The van der Waals surface area contributed by atoms with Crippen molar-refractivity contribution in [3.8, 4) is 11.8 Å². The van der Waals surface area contributed by atoms with Crippen LogP contribution in [0.2, 0.25) is 0 Å². The Labute approximate surface area is 111 Å². The van der Waals surface area contributed by atoms with Gasteiger partial charge in [-0.05, 0) is 44.9 Å². The van der Waals surface area contributed by atoms with Crippen LogP contribution in [-0.4, -0.2) is 18.9 Å². The Morgan fingerprint density at radius 3 is 2.58 bits per heavy atom. The van der Waals surface area contributed by atoms with Gasteiger partial charge in [-0.15, -0.1) is 5.11 Å². The first-order chi connectivity index (χ1) is 9.00. The fourth-order valence-corrected chi connectivity index (χ4v) is 1.34. The molecule has 0 saturated heterocycles. The van der Waals surface area contributed by atoms with E-state index in [2.05, 4.69) is 22.1 Å². The first-order valence-corrected chi connectivity index (χ1v) is 6.01. The predicted octanol–water partition coefficient (Wildman–Crippen LogP) is 3.54. The lowest BCUT2D eigenvalue weighted by Gasteiger charge is -2.16. The highest BCUT2D eigenvalue weighted by atomic mass is 19.2. The van der Waals surface area contributed by atoms with Crippen LogP contribution in [0.1, 0.15) is 26.3 Å². The van der Waals surface area contributed by atoms with Crippen molar-refractivity contribution in [1.29, 1.82) is 0 Å². The third-order valence-corrected chi connectivity index (χ3v) is 2.19. The maximum atomic E-state index is 13.0. The highest BCUT2D eigenvalue weighted by Gasteiger charge is 2.20. The standard InChI is InChI=1S/C14H16F2N2O/c1-4-17-18-14(3,19-5-2)9-8-11-6-7-12(15)13(16)10-11/h6-7,10H,4-5H2,1-3H3. The van der Waals surface area contributed by atoms with Crippen molar-refractivity contribution in [3.05, 3.63) is 35.4 Å². The van der Waals surface area contributed by atoms with Crippen LogP contribution in [0.15, 0.2) is 28.4 Å². The Hall–Kier alpha value is -1.80. The second-order valence-corrected chi connectivity index (χ2v) is 3.85. The van der Waals surface area contributed by atoms with Crippen LogP contribution in [-0.2, 0) is 4.74 Å². The van der Waals surface area contributed by atoms with Crippen molar-refractivity contribution in [2.45, 2.75) is 26.5 Å². The minimum Gasteiger partial charge on any atom is -0.343 e. The van der Waals surface area contributed by atoms with E-state index in [1.165, 1.54) is 6.07 Å². The molecule has 0 aromatic heterocycles. The van der Waals surface area contributed by atoms with E-state index >= 15 is 0 Å². The fourth-order valence-electron chi connectivity index (χ4n) is 1.34. The molecule has 0 fully saturated rings. The van der Waals surface area contributed by atoms with Gasteiger partial charge in [0, 0.05) is 12.2 Å². The summed E-state index contributed by atoms with van der Waals surface area (Å²) in [6.45, 7) is 6.28. The highest BCUT2D eigenvalue weighted by Crippen LogP contribution is 2.13. The zero-order chi connectivity index (χ0) is 14.3. The van der Waals surface area contributed by atoms with Crippen molar-refractivity contribution < 1.29 is 13.5 Å². The topological polar surface area (TPSA) is 34.0 Å². The van der Waals surface area contributed by atoms with E-state index in [9.17, 15) is 8.78 Å². The molecule has 0 amide bonds. The summed E-state index contributed by atoms with van der Waals surface area (Å²) in [6, 6.07) is 3.46. The molecule has 0 aliphatic rings. The molecule has 5 heteroatoms. The Kier molecular flexibility index (Phi) is 5.58. The minimum absolute atomic E-state index is 0.358. The summed E-state index contributed by atoms with van der Waals surface area (Å²) in [5.74, 6) is 3.65. The summed E-state index contributed by atoms with van der Waals surface area (Å²) in [4.78, 5) is 0. The van der Waals surface area contributed by atoms with Gasteiger partial charge in [0.1, 0.15) is 0 Å². The van der Waals surface area contributed by atoms with Gasteiger partial charge in [0.15, 0.2) is 11.6 Å². The van der Waals surface area contributed by atoms with Crippen molar-refractivity contribution >= 4 is 0 Å². The number of ether oxygens (including phenoxy) is 1. The van der Waals surface area contributed by atoms with Crippen molar-refractivity contribution in [1.82, 2.24) is 0 Å². The zero-order valence-corrected chi connectivity index (χ0v) is 11.2. The second-order valence-electron chi connectivity index (χ2n) is 3.85. The molecule has 102 valence electrons. The van der Waals surface area contributed by atoms with Gasteiger partial charge in [0.25, 0.3) is 0 Å². The molecule has 0 heterocycles. The number of hydrogen-bond acceptors (Lipinski definition) is 3. The monoisotopic (exact) mass is 266 g/mol. The fraction of sp³-hybridized carbons (Fsp3) is 0.429. The number of nitrogens with zero attached hydrogens (tertiary/aromatic N) is 2. The van der Waals surface area contributed by atoms with E-state index in [0.29, 0.717) is 18.7 Å². The van der Waals surface area contributed by atoms with Gasteiger partial charge in [-0.25, -0.2) is 8.78 Å². The lowest BCUT2D eigenvalue weighted by atomic mass is 10.2. The van der Waals surface area contributed by atoms with Crippen molar-refractivity contribution in [2.75, 3.05) is 13.2 Å². The molecule has 0 spiro atoms. The summed E-state index contributed by atoms with van der Waals surface area (Å²) < 4.78 is 31.2. The first kappa shape index (κ1) is 15.3. The smallest absolute Gasteiger partial charge is 0.238 e. The molecular formula is C14H16F2N2O. The van der Waals surface area contributed by atoms with E-state index in [0.717, 1.165) is 12.1 Å². The highest BCUT2D eigenvalue weighted by molar-refractivity contribution is 5.36. The summed E-state index contributed by atoms with van der Waals surface area (Å²) in [7, 11) is 0. The van der Waals surface area contributed by atoms with Gasteiger partial charge in [-0.2, -0.15) is 5.11 Å². The molecule has 1 atom stereocenters. The Bertz CT molecular complexity index is 520. The van der Waals surface area contributed by atoms with Gasteiger partial charge in [-0.3, -0.25) is 0 Å². The summed E-state index contributed by atoms with van der Waals surface area (Å²) in [5, 5.41) is 7.85. The van der Waals surface area contributed by atoms with E-state index < -0.39 is 17.4 Å². The van der Waals surface area contributed by atoms with E-state index in [1.54, 1.807) is 6.92 Å². The number of benzene rings is 1. The maximum Gasteiger partial charge on any atom is 0.238 e. The van der Waals surface area contributed by atoms with Crippen molar-refractivity contribution in [2.24, 2.45) is 10.2 Å². The quantitative estimate of drug-likeness (QED) is 0.606. The van der Waals surface area contributed by atoms with E-state index in [4.69, 9.17) is 4.74 Å². The molecule has 1 rings (SSSR count). The summed E-state index contributed by atoms with van der Waals surface area (Å²) in [5.41, 5.74) is -0.716. The van der Waals surface area contributed by atoms with Crippen LogP contribution in [0.3, 0.4) is 0 Å². The van der Waals surface area contributed by atoms with Crippen LogP contribution in [0, 0.1) is 23.5 Å². The summed E-state index contributed by atoms with van der Waals surface area (Å²) in [6.07, 6.45) is 0. The molecule has 19 heavy (non-hydrogen) atoms. The Morgan fingerprint density at radius 2 is 2.00 bits per heavy atom. The normalized spacial score (nSPS) is 13.9. The van der Waals surface area contributed by atoms with Gasteiger partial charge >= 0.3 is 0 Å². The van der Waals surface area contributed by atoms with E-state index in [1.807, 2.05) is 13.8 Å². The average Bonchev–Trinajstić information content (AvgIpc) is 2.38. The van der Waals surface area contributed by atoms with Crippen molar-refractivity contribution in [3.63, 3.8) is 0 Å². The second kappa shape index (κ2) is 6.95. The average molecular weight is 266 g/mol. The number of hydrogen-bond donors (Lipinski definition) is 0. The molecule has 0 N–H and O–H groups in total. The van der Waals surface area contributed by atoms with Crippen LogP contribution in [0.4, 0.5) is 8.78 Å². The zero-order valence-electron chi connectivity index (χ0n) is 11.2. The molecule has 0 aliphatic heterocycles. The van der Waals surface area contributed by atoms with Crippen LogP contribution >= 0.6 is 0 Å². The predicted molar refractivity (Wildman–Crippen MR) is 68.7 cm³/mol. The molecule has 1 aromatic rings. The molecule has 0 aliphatic carbocycles. The number of rotatable bonds is 4. The Morgan fingerprint density at radius 1 is 1.26 bits per heavy atom. The lowest BCUT2D eigenvalue weighted by Crippen LogP contribution is -2.23. The van der Waals surface area contributed by atoms with Gasteiger partial charge in [-0.1, -0.05) is 5.92 Å². The number of halogens is 2. The summed E-state index contributed by atoms with van der Waals surface area (Å²) >= 11 is 0. The molecular weight excluding hydrogens is 250 g/mol. The molecule has 1 unspecified atom stereocenters. The SMILES string of the molecule is CCN=NC(C)(C#Cc1ccc(F)c(F)c1)OCC. The number of azo groups is 1. The van der Waals surface area contributed by atoms with Crippen LogP contribution < -0.4 is 0 Å². The Balaban J connectivity index is 2.99. The van der Waals surface area contributed by atoms with Crippen LogP contribution in [0.25, 0.3) is 0 Å². The largest absolute Gasteiger partial charge is 0.343 e. The molecule has 0 saturated carbocycles. The lowest BCUT2D eigenvalue weighted by molar-refractivity contribution is 0.0226. The van der Waals surface area contributed by atoms with Gasteiger partial charge < -0.3 is 4.74 Å². The third-order valence-electron chi connectivity index (χ3n) is 2.19. The van der Waals surface area contributed by atoms with Gasteiger partial charge in [0.2, 0.25) is 5.72 Å². The molecule has 0 radical (unpaired) electrons. The van der Waals surface area contributed by atoms with Crippen LogP contribution in [0.5, 0.6) is 0 Å². The maximum absolute atomic E-state index is 13.0. The van der Waals surface area contributed by atoms with Gasteiger partial charge in [0.05, 0.1) is 6.54 Å². The molecule has 1 aromatic carbocycles. The van der Waals surface area contributed by atoms with E-state index in [-0.39, 0.29) is 0 Å².